The summed E-state index contributed by atoms with van der Waals surface area (Å²) in [5.41, 5.74) is 8.20. The molecule has 2 N–H and O–H groups in total. The molecule has 0 bridgehead atoms. The largest absolute Gasteiger partial charge is 0.494 e. The summed E-state index contributed by atoms with van der Waals surface area (Å²) >= 11 is 0. The van der Waals surface area contributed by atoms with Crippen molar-refractivity contribution in [3.63, 3.8) is 0 Å². The number of nitrogen functional groups attached to an aromatic ring is 1. The van der Waals surface area contributed by atoms with Crippen molar-refractivity contribution in [3.05, 3.63) is 59.7 Å². The first-order chi connectivity index (χ1) is 9.69. The van der Waals surface area contributed by atoms with E-state index in [1.165, 1.54) is 0 Å². The van der Waals surface area contributed by atoms with Crippen LogP contribution in [0.5, 0.6) is 5.75 Å². The lowest BCUT2D eigenvalue weighted by atomic mass is 10.0. The van der Waals surface area contributed by atoms with E-state index in [0.29, 0.717) is 18.6 Å². The fourth-order valence-corrected chi connectivity index (χ4v) is 2.01. The van der Waals surface area contributed by atoms with Gasteiger partial charge in [0.05, 0.1) is 6.61 Å². The molecule has 0 spiro atoms. The van der Waals surface area contributed by atoms with Crippen LogP contribution >= 0.6 is 0 Å². The highest BCUT2D eigenvalue weighted by atomic mass is 16.5. The Labute approximate surface area is 119 Å². The average Bonchev–Trinajstić information content (AvgIpc) is 2.47. The molecule has 104 valence electrons. The second-order valence-corrected chi connectivity index (χ2v) is 4.63. The number of nitrogens with two attached hydrogens (primary N) is 1. The number of aryl methyl sites for hydroxylation is 1. The quantitative estimate of drug-likeness (QED) is 0.645. The molecular formula is C17H19NO2. The lowest BCUT2D eigenvalue weighted by Crippen LogP contribution is -2.02. The Morgan fingerprint density at radius 2 is 1.90 bits per heavy atom. The molecule has 0 aliphatic carbocycles. The van der Waals surface area contributed by atoms with Gasteiger partial charge in [0.15, 0.2) is 5.78 Å². The minimum absolute atomic E-state index is 0.128. The van der Waals surface area contributed by atoms with Crippen LogP contribution in [0, 0.1) is 0 Å². The van der Waals surface area contributed by atoms with E-state index in [4.69, 9.17) is 10.5 Å². The maximum atomic E-state index is 12.2. The Bertz CT molecular complexity index is 576. The number of benzene rings is 2. The van der Waals surface area contributed by atoms with Gasteiger partial charge in [-0.25, -0.2) is 0 Å². The number of ketones is 1. The zero-order valence-electron chi connectivity index (χ0n) is 11.6. The molecule has 3 nitrogen and oxygen atoms in total. The molecule has 0 atom stereocenters. The van der Waals surface area contributed by atoms with Crippen molar-refractivity contribution in [3.8, 4) is 5.75 Å². The van der Waals surface area contributed by atoms with Gasteiger partial charge in [-0.2, -0.15) is 0 Å². The molecule has 0 saturated carbocycles. The van der Waals surface area contributed by atoms with Crippen LogP contribution in [0.25, 0.3) is 0 Å². The normalized spacial score (nSPS) is 10.2. The fraction of sp³-hybridized carbons (Fsp3) is 0.235. The first kappa shape index (κ1) is 14.1. The zero-order valence-corrected chi connectivity index (χ0v) is 11.6. The molecule has 0 aliphatic heterocycles. The average molecular weight is 269 g/mol. The third kappa shape index (κ3) is 3.85. The van der Waals surface area contributed by atoms with Crippen molar-refractivity contribution in [2.24, 2.45) is 0 Å². The second kappa shape index (κ2) is 6.75. The number of hydrogen-bond donors (Lipinski definition) is 1. The number of ether oxygens (including phenoxy) is 1. The van der Waals surface area contributed by atoms with Crippen LogP contribution in [-0.4, -0.2) is 12.4 Å². The third-order valence-corrected chi connectivity index (χ3v) is 3.09. The monoisotopic (exact) mass is 269 g/mol. The summed E-state index contributed by atoms with van der Waals surface area (Å²) in [5.74, 6) is 0.870. The standard InChI is InChI=1S/C17H19NO2/c1-2-20-16-5-3-4-14(12-16)17(19)11-8-13-6-9-15(18)10-7-13/h3-7,9-10,12H,2,8,11,18H2,1H3. The summed E-state index contributed by atoms with van der Waals surface area (Å²) in [6.07, 6.45) is 1.21. The SMILES string of the molecule is CCOc1cccc(C(=O)CCc2ccc(N)cc2)c1. The molecule has 0 amide bonds. The van der Waals surface area contributed by atoms with Crippen molar-refractivity contribution in [2.45, 2.75) is 19.8 Å². The maximum Gasteiger partial charge on any atom is 0.163 e. The Hall–Kier alpha value is -2.29. The van der Waals surface area contributed by atoms with Crippen LogP contribution in [0.1, 0.15) is 29.3 Å². The number of carbonyl (C=O) groups is 1. The summed E-state index contributed by atoms with van der Waals surface area (Å²) in [4.78, 5) is 12.2. The Morgan fingerprint density at radius 3 is 2.60 bits per heavy atom. The van der Waals surface area contributed by atoms with Gasteiger partial charge in [0, 0.05) is 17.7 Å². The first-order valence-electron chi connectivity index (χ1n) is 6.79. The number of rotatable bonds is 6. The van der Waals surface area contributed by atoms with E-state index in [-0.39, 0.29) is 5.78 Å². The van der Waals surface area contributed by atoms with Gasteiger partial charge < -0.3 is 10.5 Å². The second-order valence-electron chi connectivity index (χ2n) is 4.63. The van der Waals surface area contributed by atoms with Crippen molar-refractivity contribution in [1.29, 1.82) is 0 Å². The molecule has 0 aliphatic rings. The minimum atomic E-state index is 0.128. The number of Topliss-reactive ketones (excluding diaryl/α,β-unsaturated/α-hetero) is 1. The van der Waals surface area contributed by atoms with E-state index in [1.54, 1.807) is 6.07 Å². The van der Waals surface area contributed by atoms with E-state index in [0.717, 1.165) is 23.4 Å². The van der Waals surface area contributed by atoms with Crippen molar-refractivity contribution in [2.75, 3.05) is 12.3 Å². The molecule has 0 saturated heterocycles. The van der Waals surface area contributed by atoms with Crippen molar-refractivity contribution in [1.82, 2.24) is 0 Å². The predicted octanol–water partition coefficient (Wildman–Crippen LogP) is 3.48. The van der Waals surface area contributed by atoms with Gasteiger partial charge >= 0.3 is 0 Å². The molecule has 20 heavy (non-hydrogen) atoms. The summed E-state index contributed by atoms with van der Waals surface area (Å²) < 4.78 is 5.41. The first-order valence-corrected chi connectivity index (χ1v) is 6.79. The Balaban J connectivity index is 1.97. The van der Waals surface area contributed by atoms with Gasteiger partial charge in [-0.15, -0.1) is 0 Å². The van der Waals surface area contributed by atoms with E-state index in [9.17, 15) is 4.79 Å². The van der Waals surface area contributed by atoms with Crippen molar-refractivity contribution >= 4 is 11.5 Å². The minimum Gasteiger partial charge on any atom is -0.494 e. The lowest BCUT2D eigenvalue weighted by Gasteiger charge is -2.06. The topological polar surface area (TPSA) is 52.3 Å². The van der Waals surface area contributed by atoms with Crippen LogP contribution in [0.3, 0.4) is 0 Å². The molecule has 0 unspecified atom stereocenters. The van der Waals surface area contributed by atoms with Gasteiger partial charge in [-0.3, -0.25) is 4.79 Å². The van der Waals surface area contributed by atoms with E-state index in [1.807, 2.05) is 49.4 Å². The molecular weight excluding hydrogens is 250 g/mol. The molecule has 0 fully saturated rings. The van der Waals surface area contributed by atoms with E-state index < -0.39 is 0 Å². The molecule has 3 heteroatoms. The summed E-state index contributed by atoms with van der Waals surface area (Å²) in [5, 5.41) is 0. The highest BCUT2D eigenvalue weighted by Gasteiger charge is 2.07. The fourth-order valence-electron chi connectivity index (χ4n) is 2.01. The number of anilines is 1. The molecule has 0 heterocycles. The van der Waals surface area contributed by atoms with Crippen LogP contribution in [0.2, 0.25) is 0 Å². The van der Waals surface area contributed by atoms with Crippen molar-refractivity contribution < 1.29 is 9.53 Å². The van der Waals surface area contributed by atoms with E-state index in [2.05, 4.69) is 0 Å². The molecule has 0 aromatic heterocycles. The van der Waals surface area contributed by atoms with Gasteiger partial charge in [0.2, 0.25) is 0 Å². The Kier molecular flexibility index (Phi) is 4.77. The summed E-state index contributed by atoms with van der Waals surface area (Å²) in [6.45, 7) is 2.53. The van der Waals surface area contributed by atoms with Gasteiger partial charge in [-0.1, -0.05) is 24.3 Å². The highest BCUT2D eigenvalue weighted by molar-refractivity contribution is 5.96. The zero-order chi connectivity index (χ0) is 14.4. The third-order valence-electron chi connectivity index (χ3n) is 3.09. The molecule has 2 rings (SSSR count). The number of hydrogen-bond acceptors (Lipinski definition) is 3. The van der Waals surface area contributed by atoms with Crippen LogP contribution < -0.4 is 10.5 Å². The lowest BCUT2D eigenvalue weighted by molar-refractivity contribution is 0.0982. The Morgan fingerprint density at radius 1 is 1.15 bits per heavy atom. The highest BCUT2D eigenvalue weighted by Crippen LogP contribution is 2.16. The molecule has 2 aromatic carbocycles. The van der Waals surface area contributed by atoms with Gasteiger partial charge in [-0.05, 0) is 43.2 Å². The maximum absolute atomic E-state index is 12.2. The van der Waals surface area contributed by atoms with Crippen LogP contribution in [0.4, 0.5) is 5.69 Å². The molecule has 0 radical (unpaired) electrons. The summed E-state index contributed by atoms with van der Waals surface area (Å²) in [7, 11) is 0. The number of carbonyl (C=O) groups excluding carboxylic acids is 1. The van der Waals surface area contributed by atoms with Crippen LogP contribution in [-0.2, 0) is 6.42 Å². The van der Waals surface area contributed by atoms with Gasteiger partial charge in [0.25, 0.3) is 0 Å². The smallest absolute Gasteiger partial charge is 0.163 e. The molecule has 2 aromatic rings. The van der Waals surface area contributed by atoms with Gasteiger partial charge in [0.1, 0.15) is 5.75 Å². The predicted molar refractivity (Wildman–Crippen MR) is 81.1 cm³/mol. The van der Waals surface area contributed by atoms with Crippen LogP contribution in [0.15, 0.2) is 48.5 Å². The van der Waals surface area contributed by atoms with E-state index >= 15 is 0 Å². The summed E-state index contributed by atoms with van der Waals surface area (Å²) in [6, 6.07) is 15.0.